The lowest BCUT2D eigenvalue weighted by Crippen LogP contribution is -2.34. The number of rotatable bonds is 4. The second-order valence-corrected chi connectivity index (χ2v) is 7.46. The van der Waals surface area contributed by atoms with E-state index < -0.39 is 0 Å². The Balaban J connectivity index is 0.000000207. The maximum atomic E-state index is 5.19. The van der Waals surface area contributed by atoms with E-state index in [0.29, 0.717) is 12.0 Å². The molecular weight excluding hydrogens is 400 g/mol. The molecule has 3 heterocycles. The summed E-state index contributed by atoms with van der Waals surface area (Å²) in [5.74, 6) is 0.670. The smallest absolute Gasteiger partial charge is 0.186 e. The third-order valence-electron chi connectivity index (χ3n) is 5.00. The highest BCUT2D eigenvalue weighted by Gasteiger charge is 2.29. The second kappa shape index (κ2) is 11.6. The molecule has 0 saturated carbocycles. The molecule has 2 aromatic rings. The molecule has 8 heteroatoms. The quantitative estimate of drug-likeness (QED) is 0.723. The standard InChI is InChI=1S/C13H18N2S.C7H8N4S.CH4/c1-15-9-12(7-13(15)8-14-10-16)11-5-3-2-4-6-11;12-7(10-3-1-8-5-10)11-4-2-9-6-11;/h2-6,10,12-13H,7-9H2,1H3,(H,14,16);1-5,9H,6H2;1H4. The molecule has 6 nitrogen and oxygen atoms in total. The van der Waals surface area contributed by atoms with Gasteiger partial charge in [-0.3, -0.25) is 4.57 Å². The molecule has 29 heavy (non-hydrogen) atoms. The molecule has 0 radical (unpaired) electrons. The molecule has 1 aromatic carbocycles. The number of aromatic nitrogens is 2. The van der Waals surface area contributed by atoms with Crippen LogP contribution in [0.4, 0.5) is 0 Å². The van der Waals surface area contributed by atoms with Crippen LogP contribution in [0.1, 0.15) is 25.3 Å². The Morgan fingerprint density at radius 1 is 1.34 bits per heavy atom. The van der Waals surface area contributed by atoms with Crippen molar-refractivity contribution in [3.63, 3.8) is 0 Å². The molecule has 2 aliphatic rings. The van der Waals surface area contributed by atoms with Crippen LogP contribution < -0.4 is 10.6 Å². The van der Waals surface area contributed by atoms with Gasteiger partial charge < -0.3 is 20.4 Å². The molecule has 1 aromatic heterocycles. The van der Waals surface area contributed by atoms with Crippen LogP contribution >= 0.6 is 24.4 Å². The summed E-state index contributed by atoms with van der Waals surface area (Å²) in [6.45, 7) is 2.84. The molecule has 0 spiro atoms. The van der Waals surface area contributed by atoms with E-state index in [2.05, 4.69) is 57.9 Å². The zero-order valence-corrected chi connectivity index (χ0v) is 17.6. The van der Waals surface area contributed by atoms with Crippen molar-refractivity contribution in [2.75, 3.05) is 26.8 Å². The first-order valence-corrected chi connectivity index (χ1v) is 10.2. The lowest BCUT2D eigenvalue weighted by atomic mass is 9.96. The molecule has 0 amide bonds. The lowest BCUT2D eigenvalue weighted by Gasteiger charge is -2.18. The molecule has 156 valence electrons. The monoisotopic (exact) mass is 430 g/mol. The molecule has 0 aliphatic carbocycles. The maximum Gasteiger partial charge on any atom is 0.186 e. The molecule has 2 aliphatic heterocycles. The number of nitrogens with one attached hydrogen (secondary N) is 2. The number of benzene rings is 1. The van der Waals surface area contributed by atoms with Crippen molar-refractivity contribution in [2.24, 2.45) is 0 Å². The average molecular weight is 431 g/mol. The summed E-state index contributed by atoms with van der Waals surface area (Å²) in [5, 5.41) is 6.91. The number of hydrogen-bond donors (Lipinski definition) is 2. The first-order chi connectivity index (χ1) is 13.7. The summed E-state index contributed by atoms with van der Waals surface area (Å²) in [5.41, 5.74) is 3.07. The summed E-state index contributed by atoms with van der Waals surface area (Å²) >= 11 is 9.99. The number of likely N-dealkylation sites (N-methyl/N-ethyl adjacent to an activating group) is 1. The Bertz CT molecular complexity index is 778. The number of imidazole rings is 1. The number of nitrogens with zero attached hydrogens (tertiary/aromatic N) is 4. The normalized spacial score (nSPS) is 20.2. The van der Waals surface area contributed by atoms with Gasteiger partial charge in [0.25, 0.3) is 0 Å². The van der Waals surface area contributed by atoms with Gasteiger partial charge in [0.1, 0.15) is 6.33 Å². The Morgan fingerprint density at radius 3 is 2.76 bits per heavy atom. The lowest BCUT2D eigenvalue weighted by molar-refractivity contribution is 0.310. The highest BCUT2D eigenvalue weighted by molar-refractivity contribution is 7.80. The van der Waals surface area contributed by atoms with E-state index in [1.807, 2.05) is 23.5 Å². The van der Waals surface area contributed by atoms with Crippen LogP contribution in [0.5, 0.6) is 0 Å². The fraction of sp³-hybridized carbons (Fsp3) is 0.381. The fourth-order valence-corrected chi connectivity index (χ4v) is 3.80. The fourth-order valence-electron chi connectivity index (χ4n) is 3.47. The Morgan fingerprint density at radius 2 is 2.14 bits per heavy atom. The predicted octanol–water partition coefficient (Wildman–Crippen LogP) is 3.01. The van der Waals surface area contributed by atoms with Crippen LogP contribution in [0.2, 0.25) is 0 Å². The molecular formula is C21H30N6S2. The third-order valence-corrected chi connectivity index (χ3v) is 5.61. The minimum absolute atomic E-state index is 0. The molecule has 2 N–H and O–H groups in total. The maximum absolute atomic E-state index is 5.19. The van der Waals surface area contributed by atoms with E-state index in [-0.39, 0.29) is 7.43 Å². The minimum atomic E-state index is 0. The Kier molecular flexibility index (Phi) is 9.24. The summed E-state index contributed by atoms with van der Waals surface area (Å²) < 4.78 is 1.80. The van der Waals surface area contributed by atoms with E-state index >= 15 is 0 Å². The first kappa shape index (κ1) is 23.0. The van der Waals surface area contributed by atoms with Crippen molar-refractivity contribution < 1.29 is 0 Å². The minimum Gasteiger partial charge on any atom is -0.381 e. The SMILES string of the molecule is C.CN1CC(c2ccccc2)CC1CNC=S.S=C(N1C=CNC1)n1ccnc1. The van der Waals surface area contributed by atoms with Gasteiger partial charge in [-0.15, -0.1) is 0 Å². The summed E-state index contributed by atoms with van der Waals surface area (Å²) in [6, 6.07) is 11.4. The van der Waals surface area contributed by atoms with Crippen LogP contribution in [-0.2, 0) is 0 Å². The highest BCUT2D eigenvalue weighted by atomic mass is 32.1. The number of hydrogen-bond acceptors (Lipinski definition) is 5. The van der Waals surface area contributed by atoms with E-state index in [1.165, 1.54) is 12.0 Å². The van der Waals surface area contributed by atoms with Crippen LogP contribution in [0.3, 0.4) is 0 Å². The van der Waals surface area contributed by atoms with Crippen molar-refractivity contribution in [1.29, 1.82) is 0 Å². The Labute approximate surface area is 184 Å². The van der Waals surface area contributed by atoms with Crippen molar-refractivity contribution >= 4 is 35.0 Å². The molecule has 2 atom stereocenters. The van der Waals surface area contributed by atoms with Gasteiger partial charge in [-0.1, -0.05) is 50.0 Å². The zero-order valence-electron chi connectivity index (χ0n) is 15.9. The van der Waals surface area contributed by atoms with Crippen LogP contribution in [-0.4, -0.2) is 62.8 Å². The Hall–Kier alpha value is -2.29. The molecule has 1 saturated heterocycles. The van der Waals surface area contributed by atoms with Crippen molar-refractivity contribution in [1.82, 2.24) is 30.0 Å². The summed E-state index contributed by atoms with van der Waals surface area (Å²) in [7, 11) is 2.19. The molecule has 1 fully saturated rings. The number of thiocarbonyl (C=S) groups is 2. The number of likely N-dealkylation sites (tertiary alicyclic amines) is 1. The largest absolute Gasteiger partial charge is 0.381 e. The molecule has 4 rings (SSSR count). The molecule has 2 unspecified atom stereocenters. The summed E-state index contributed by atoms with van der Waals surface area (Å²) in [4.78, 5) is 8.27. The topological polar surface area (TPSA) is 48.4 Å². The van der Waals surface area contributed by atoms with Gasteiger partial charge in [0, 0.05) is 43.9 Å². The van der Waals surface area contributed by atoms with E-state index in [9.17, 15) is 0 Å². The van der Waals surface area contributed by atoms with Gasteiger partial charge in [0.05, 0.1) is 12.2 Å². The van der Waals surface area contributed by atoms with Gasteiger partial charge in [-0.2, -0.15) is 0 Å². The highest BCUT2D eigenvalue weighted by Crippen LogP contribution is 2.30. The van der Waals surface area contributed by atoms with E-state index in [1.54, 1.807) is 22.6 Å². The van der Waals surface area contributed by atoms with Crippen molar-refractivity contribution in [3.05, 3.63) is 67.0 Å². The van der Waals surface area contributed by atoms with Gasteiger partial charge in [-0.25, -0.2) is 4.98 Å². The van der Waals surface area contributed by atoms with Crippen molar-refractivity contribution in [3.8, 4) is 0 Å². The van der Waals surface area contributed by atoms with Crippen LogP contribution in [0.15, 0.2) is 61.5 Å². The van der Waals surface area contributed by atoms with Gasteiger partial charge in [-0.05, 0) is 37.2 Å². The van der Waals surface area contributed by atoms with Gasteiger partial charge in [0.15, 0.2) is 5.11 Å². The van der Waals surface area contributed by atoms with E-state index in [4.69, 9.17) is 24.4 Å². The van der Waals surface area contributed by atoms with Crippen LogP contribution in [0, 0.1) is 0 Å². The van der Waals surface area contributed by atoms with Crippen LogP contribution in [0.25, 0.3) is 0 Å². The van der Waals surface area contributed by atoms with Crippen molar-refractivity contribution in [2.45, 2.75) is 25.8 Å². The summed E-state index contributed by atoms with van der Waals surface area (Å²) in [6.07, 6.45) is 10.2. The third kappa shape index (κ3) is 6.35. The van der Waals surface area contributed by atoms with E-state index in [0.717, 1.165) is 24.9 Å². The van der Waals surface area contributed by atoms with Gasteiger partial charge in [0.2, 0.25) is 0 Å². The predicted molar refractivity (Wildman–Crippen MR) is 128 cm³/mol. The molecule has 0 bridgehead atoms. The second-order valence-electron chi connectivity index (χ2n) is 6.86. The first-order valence-electron chi connectivity index (χ1n) is 9.30. The van der Waals surface area contributed by atoms with Gasteiger partial charge >= 0.3 is 0 Å². The average Bonchev–Trinajstić information content (AvgIpc) is 3.49. The zero-order chi connectivity index (χ0) is 19.8.